The molecular weight excluding hydrogens is 642 g/mol. The number of pyridine rings is 1. The Morgan fingerprint density at radius 3 is 2.53 bits per heavy atom. The van der Waals surface area contributed by atoms with Gasteiger partial charge < -0.3 is 10.2 Å². The fourth-order valence-electron chi connectivity index (χ4n) is 7.09. The van der Waals surface area contributed by atoms with Crippen LogP contribution in [0.3, 0.4) is 0 Å². The van der Waals surface area contributed by atoms with E-state index in [1.807, 2.05) is 31.2 Å². The van der Waals surface area contributed by atoms with Crippen molar-refractivity contribution in [1.82, 2.24) is 34.2 Å². The van der Waals surface area contributed by atoms with Gasteiger partial charge in [-0.3, -0.25) is 19.1 Å². The number of halogens is 1. The smallest absolute Gasteiger partial charge is 0.337 e. The lowest BCUT2D eigenvalue weighted by Gasteiger charge is -2.30. The first-order valence-corrected chi connectivity index (χ1v) is 17.8. The van der Waals surface area contributed by atoms with E-state index in [4.69, 9.17) is 0 Å². The van der Waals surface area contributed by atoms with Gasteiger partial charge in [-0.15, -0.1) is 11.3 Å². The number of hydrogen-bond acceptors (Lipinski definition) is 8. The van der Waals surface area contributed by atoms with Gasteiger partial charge in [0.1, 0.15) is 11.5 Å². The molecule has 1 amide bonds. The summed E-state index contributed by atoms with van der Waals surface area (Å²) in [5, 5.41) is 5.65. The number of nitrogens with zero attached hydrogens (tertiary/aromatic N) is 6. The van der Waals surface area contributed by atoms with Crippen LogP contribution in [-0.4, -0.2) is 74.1 Å². The summed E-state index contributed by atoms with van der Waals surface area (Å²) >= 11 is 1.42. The molecule has 0 spiro atoms. The molecule has 1 saturated heterocycles. The Balaban J connectivity index is 1.16. The highest BCUT2D eigenvalue weighted by Gasteiger charge is 2.28. The SMILES string of the molecule is Cc1nc(C(=O)N[C@H]2CC[C@@H](n3c(=O)c4cc(F)cnc4n(-c4cccc(-c5ccc(CN6CCCN(C)CC6)cc5)c4)c3=O)CC2)cs1. The summed E-state index contributed by atoms with van der Waals surface area (Å²) in [5.41, 5.74) is 3.13. The number of rotatable bonds is 7. The third kappa shape index (κ3) is 7.12. The molecule has 2 aliphatic rings. The molecule has 254 valence electrons. The van der Waals surface area contributed by atoms with Crippen molar-refractivity contribution in [2.45, 2.75) is 57.7 Å². The largest absolute Gasteiger partial charge is 0.348 e. The molecule has 0 unspecified atom stereocenters. The number of fused-ring (bicyclic) bond motifs is 1. The zero-order valence-electron chi connectivity index (χ0n) is 27.8. The molecule has 7 rings (SSSR count). The van der Waals surface area contributed by atoms with Crippen molar-refractivity contribution >= 4 is 28.3 Å². The molecule has 12 heteroatoms. The number of carbonyl (C=O) groups excluding carboxylic acids is 1. The van der Waals surface area contributed by atoms with Crippen molar-refractivity contribution in [1.29, 1.82) is 0 Å². The van der Waals surface area contributed by atoms with Gasteiger partial charge in [-0.2, -0.15) is 0 Å². The Morgan fingerprint density at radius 1 is 0.980 bits per heavy atom. The van der Waals surface area contributed by atoms with Crippen LogP contribution in [0, 0.1) is 12.7 Å². The van der Waals surface area contributed by atoms with Crippen LogP contribution < -0.4 is 16.6 Å². The number of amides is 1. The van der Waals surface area contributed by atoms with Crippen molar-refractivity contribution in [2.24, 2.45) is 0 Å². The summed E-state index contributed by atoms with van der Waals surface area (Å²) in [6.45, 7) is 7.09. The van der Waals surface area contributed by atoms with Gasteiger partial charge in [0.05, 0.1) is 22.3 Å². The summed E-state index contributed by atoms with van der Waals surface area (Å²) in [4.78, 5) is 54.1. The lowest BCUT2D eigenvalue weighted by molar-refractivity contribution is 0.0917. The molecule has 0 bridgehead atoms. The van der Waals surface area contributed by atoms with Gasteiger partial charge in [0.2, 0.25) is 0 Å². The second-order valence-electron chi connectivity index (χ2n) is 13.2. The first-order chi connectivity index (χ1) is 23.7. The van der Waals surface area contributed by atoms with Crippen molar-refractivity contribution in [2.75, 3.05) is 33.2 Å². The van der Waals surface area contributed by atoms with Crippen molar-refractivity contribution in [3.63, 3.8) is 0 Å². The fourth-order valence-corrected chi connectivity index (χ4v) is 7.68. The molecule has 2 fully saturated rings. The summed E-state index contributed by atoms with van der Waals surface area (Å²) in [6.07, 6.45) is 4.38. The summed E-state index contributed by atoms with van der Waals surface area (Å²) in [7, 11) is 2.17. The van der Waals surface area contributed by atoms with Crippen LogP contribution >= 0.6 is 11.3 Å². The molecule has 1 saturated carbocycles. The van der Waals surface area contributed by atoms with Gasteiger partial charge in [-0.25, -0.2) is 23.7 Å². The molecule has 0 atom stereocenters. The van der Waals surface area contributed by atoms with Gasteiger partial charge in [0, 0.05) is 37.1 Å². The van der Waals surface area contributed by atoms with E-state index in [0.29, 0.717) is 37.1 Å². The number of nitrogens with one attached hydrogen (secondary N) is 1. The van der Waals surface area contributed by atoms with E-state index in [-0.39, 0.29) is 23.0 Å². The van der Waals surface area contributed by atoms with Crippen LogP contribution in [-0.2, 0) is 6.54 Å². The lowest BCUT2D eigenvalue weighted by atomic mass is 9.90. The summed E-state index contributed by atoms with van der Waals surface area (Å²) in [6, 6.07) is 16.7. The highest BCUT2D eigenvalue weighted by Crippen LogP contribution is 2.29. The molecule has 3 aromatic heterocycles. The van der Waals surface area contributed by atoms with Gasteiger partial charge in [-0.1, -0.05) is 36.4 Å². The van der Waals surface area contributed by atoms with Crippen LogP contribution in [0.5, 0.6) is 0 Å². The maximum absolute atomic E-state index is 14.5. The van der Waals surface area contributed by atoms with Crippen LogP contribution in [0.2, 0.25) is 0 Å². The molecule has 1 aliphatic heterocycles. The second kappa shape index (κ2) is 14.1. The quantitative estimate of drug-likeness (QED) is 0.253. The molecule has 2 aromatic carbocycles. The van der Waals surface area contributed by atoms with E-state index in [1.165, 1.54) is 26.0 Å². The van der Waals surface area contributed by atoms with Gasteiger partial charge >= 0.3 is 5.69 Å². The highest BCUT2D eigenvalue weighted by atomic mass is 32.1. The third-order valence-electron chi connectivity index (χ3n) is 9.75. The lowest BCUT2D eigenvalue weighted by Crippen LogP contribution is -2.45. The van der Waals surface area contributed by atoms with Crippen molar-refractivity contribution in [3.05, 3.63) is 109 Å². The van der Waals surface area contributed by atoms with Gasteiger partial charge in [0.15, 0.2) is 5.65 Å². The number of thiazole rings is 1. The minimum Gasteiger partial charge on any atom is -0.348 e. The molecule has 4 heterocycles. The molecule has 1 aliphatic carbocycles. The van der Waals surface area contributed by atoms with Crippen molar-refractivity contribution < 1.29 is 9.18 Å². The summed E-state index contributed by atoms with van der Waals surface area (Å²) in [5.74, 6) is -0.870. The Hall–Kier alpha value is -4.52. The van der Waals surface area contributed by atoms with E-state index in [2.05, 4.69) is 56.4 Å². The van der Waals surface area contributed by atoms with Gasteiger partial charge in [-0.05, 0) is 94.1 Å². The molecule has 10 nitrogen and oxygen atoms in total. The van der Waals surface area contributed by atoms with E-state index in [1.54, 1.807) is 5.38 Å². The van der Waals surface area contributed by atoms with Crippen LogP contribution in [0.1, 0.15) is 59.2 Å². The van der Waals surface area contributed by atoms with Crippen molar-refractivity contribution in [3.8, 4) is 16.8 Å². The average molecular weight is 682 g/mol. The zero-order chi connectivity index (χ0) is 34.1. The number of carbonyl (C=O) groups is 1. The van der Waals surface area contributed by atoms with E-state index in [9.17, 15) is 18.8 Å². The Labute approximate surface area is 287 Å². The predicted molar refractivity (Wildman–Crippen MR) is 190 cm³/mol. The van der Waals surface area contributed by atoms with Crippen LogP contribution in [0.4, 0.5) is 4.39 Å². The fraction of sp³-hybridized carbons (Fsp3) is 0.378. The van der Waals surface area contributed by atoms with E-state index < -0.39 is 23.1 Å². The maximum atomic E-state index is 14.5. The van der Waals surface area contributed by atoms with Gasteiger partial charge in [0.25, 0.3) is 11.5 Å². The predicted octanol–water partition coefficient (Wildman–Crippen LogP) is 5.17. The number of likely N-dealkylation sites (N-methyl/N-ethyl adjacent to an activating group) is 1. The normalized spacial score (nSPS) is 19.2. The Kier molecular flexibility index (Phi) is 9.53. The zero-order valence-corrected chi connectivity index (χ0v) is 28.6. The minimum absolute atomic E-state index is 0.0448. The van der Waals surface area contributed by atoms with E-state index >= 15 is 0 Å². The number of hydrogen-bond donors (Lipinski definition) is 1. The van der Waals surface area contributed by atoms with Crippen LogP contribution in [0.25, 0.3) is 27.8 Å². The minimum atomic E-state index is -0.647. The molecule has 0 radical (unpaired) electrons. The maximum Gasteiger partial charge on any atom is 0.337 e. The highest BCUT2D eigenvalue weighted by molar-refractivity contribution is 7.09. The average Bonchev–Trinajstić information content (AvgIpc) is 3.44. The topological polar surface area (TPSA) is 105 Å². The first-order valence-electron chi connectivity index (χ1n) is 16.9. The molecule has 1 N–H and O–H groups in total. The van der Waals surface area contributed by atoms with Crippen LogP contribution in [0.15, 0.2) is 75.8 Å². The molecule has 49 heavy (non-hydrogen) atoms. The Morgan fingerprint density at radius 2 is 1.78 bits per heavy atom. The molecular formula is C37H40FN7O3S. The number of benzene rings is 2. The standard InChI is InChI=1S/C37H40FN7O3S/c1-24-40-33(23-49-24)35(46)41-29-11-13-30(14-12-29)45-36(47)32-20-28(38)21-39-34(32)44(37(45)48)31-6-3-5-27(19-31)26-9-7-25(8-10-26)22-43-16-4-15-42(2)17-18-43/h3,5-10,19-21,23,29-30H,4,11-18,22H2,1-2H3,(H,41,46)/t29-,30+. The number of aromatic nitrogens is 4. The Bertz CT molecular complexity index is 2100. The first kappa shape index (κ1) is 33.0. The van der Waals surface area contributed by atoms with E-state index in [0.717, 1.165) is 67.5 Å². The number of aryl methyl sites for hydroxylation is 1. The second-order valence-corrected chi connectivity index (χ2v) is 14.3. The molecule has 5 aromatic rings. The third-order valence-corrected chi connectivity index (χ3v) is 10.5. The summed E-state index contributed by atoms with van der Waals surface area (Å²) < 4.78 is 17.2. The monoisotopic (exact) mass is 681 g/mol.